The molecule has 0 N–H and O–H groups in total. The Morgan fingerprint density at radius 3 is 1.02 bits per heavy atom. The molecule has 1 heterocycles. The van der Waals surface area contributed by atoms with Gasteiger partial charge in [-0.3, -0.25) is 0 Å². The van der Waals surface area contributed by atoms with Crippen LogP contribution in [-0.2, 0) is 0 Å². The Hall–Kier alpha value is -8.79. The van der Waals surface area contributed by atoms with Crippen molar-refractivity contribution in [3.05, 3.63) is 261 Å². The lowest BCUT2D eigenvalue weighted by molar-refractivity contribution is 1.07. The van der Waals surface area contributed by atoms with Gasteiger partial charge in [-0.05, 0) is 90.0 Å². The van der Waals surface area contributed by atoms with Crippen LogP contribution in [0.4, 0.5) is 0 Å². The van der Waals surface area contributed by atoms with Crippen LogP contribution in [0, 0.1) is 0 Å². The molecule has 0 aliphatic carbocycles. The molecule has 0 saturated carbocycles. The van der Waals surface area contributed by atoms with Crippen molar-refractivity contribution in [2.45, 2.75) is 0 Å². The summed E-state index contributed by atoms with van der Waals surface area (Å²) in [5.74, 6) is 1.79. The van der Waals surface area contributed by atoms with Crippen molar-refractivity contribution in [2.24, 2.45) is 0 Å². The van der Waals surface area contributed by atoms with Crippen LogP contribution in [0.15, 0.2) is 261 Å². The Morgan fingerprint density at radius 1 is 0.167 bits per heavy atom. The van der Waals surface area contributed by atoms with Crippen molar-refractivity contribution in [3.63, 3.8) is 0 Å². The van der Waals surface area contributed by atoms with Gasteiger partial charge in [0, 0.05) is 16.7 Å². The Balaban J connectivity index is 1.22. The minimum absolute atomic E-state index is 0.590. The number of nitrogens with zero attached hydrogens (tertiary/aromatic N) is 3. The monoisotopic (exact) mass is 841 g/mol. The van der Waals surface area contributed by atoms with Gasteiger partial charge in [-0.1, -0.05) is 249 Å². The number of hydrogen-bond donors (Lipinski definition) is 0. The summed E-state index contributed by atoms with van der Waals surface area (Å²) in [6.07, 6.45) is 0. The molecule has 11 aromatic rings. The molecule has 0 unspecified atom stereocenters. The fraction of sp³-hybridized carbons (Fsp3) is 0. The van der Waals surface area contributed by atoms with E-state index in [4.69, 9.17) is 15.0 Å². The molecular weight excluding hydrogens is 799 g/mol. The number of benzene rings is 10. The van der Waals surface area contributed by atoms with Crippen molar-refractivity contribution in [3.8, 4) is 112 Å². The van der Waals surface area contributed by atoms with E-state index >= 15 is 0 Å². The second-order valence-corrected chi connectivity index (χ2v) is 16.3. The standard InChI is InChI=1S/C63H43N3/c1-7-24-44(25-8-1)50-36-23-37-51(42-50)61-64-62(54-40-21-19-38-52(54)45-26-9-2-10-27-45)66-63(65-61)55-41-22-20-39-53(55)57-43-56(46-28-11-3-12-29-46)58(47-30-13-4-14-31-47)60(49-34-17-6-18-35-49)59(57)48-32-15-5-16-33-48/h1-43H. The Kier molecular flexibility index (Phi) is 11.0. The second-order valence-electron chi connectivity index (χ2n) is 16.3. The molecule has 0 aliphatic rings. The summed E-state index contributed by atoms with van der Waals surface area (Å²) in [6, 6.07) is 92.0. The highest BCUT2D eigenvalue weighted by Gasteiger charge is 2.26. The lowest BCUT2D eigenvalue weighted by Crippen LogP contribution is -2.03. The Labute approximate surface area is 386 Å². The summed E-state index contributed by atoms with van der Waals surface area (Å²) < 4.78 is 0. The third-order valence-corrected chi connectivity index (χ3v) is 12.2. The lowest BCUT2D eigenvalue weighted by Gasteiger charge is -2.25. The van der Waals surface area contributed by atoms with Gasteiger partial charge >= 0.3 is 0 Å². The average molecular weight is 842 g/mol. The van der Waals surface area contributed by atoms with Gasteiger partial charge in [-0.15, -0.1) is 0 Å². The third-order valence-electron chi connectivity index (χ3n) is 12.2. The number of hydrogen-bond acceptors (Lipinski definition) is 3. The minimum atomic E-state index is 0.590. The fourth-order valence-corrected chi connectivity index (χ4v) is 9.12. The van der Waals surface area contributed by atoms with Gasteiger partial charge in [0.15, 0.2) is 17.5 Å². The van der Waals surface area contributed by atoms with E-state index in [0.29, 0.717) is 17.5 Å². The van der Waals surface area contributed by atoms with E-state index in [0.717, 1.165) is 89.0 Å². The van der Waals surface area contributed by atoms with E-state index in [1.165, 1.54) is 5.56 Å². The molecule has 0 atom stereocenters. The zero-order valence-electron chi connectivity index (χ0n) is 36.2. The van der Waals surface area contributed by atoms with Crippen molar-refractivity contribution >= 4 is 0 Å². The topological polar surface area (TPSA) is 38.7 Å². The molecular formula is C63H43N3. The van der Waals surface area contributed by atoms with E-state index in [-0.39, 0.29) is 0 Å². The molecule has 0 aliphatic heterocycles. The van der Waals surface area contributed by atoms with Crippen molar-refractivity contribution in [1.29, 1.82) is 0 Å². The Morgan fingerprint density at radius 2 is 0.500 bits per heavy atom. The van der Waals surface area contributed by atoms with Crippen LogP contribution in [0.25, 0.3) is 112 Å². The minimum Gasteiger partial charge on any atom is -0.208 e. The van der Waals surface area contributed by atoms with Crippen LogP contribution in [0.2, 0.25) is 0 Å². The van der Waals surface area contributed by atoms with Crippen LogP contribution in [0.5, 0.6) is 0 Å². The highest BCUT2D eigenvalue weighted by molar-refractivity contribution is 6.08. The average Bonchev–Trinajstić information content (AvgIpc) is 3.41. The third kappa shape index (κ3) is 7.91. The molecule has 3 heteroatoms. The second kappa shape index (κ2) is 18.1. The van der Waals surface area contributed by atoms with E-state index in [1.54, 1.807) is 0 Å². The summed E-state index contributed by atoms with van der Waals surface area (Å²) in [5, 5.41) is 0. The van der Waals surface area contributed by atoms with Crippen LogP contribution >= 0.6 is 0 Å². The molecule has 0 spiro atoms. The van der Waals surface area contributed by atoms with E-state index in [2.05, 4.69) is 249 Å². The molecule has 3 nitrogen and oxygen atoms in total. The quantitative estimate of drug-likeness (QED) is 0.138. The molecule has 310 valence electrons. The van der Waals surface area contributed by atoms with Crippen LogP contribution in [-0.4, -0.2) is 15.0 Å². The lowest BCUT2D eigenvalue weighted by atomic mass is 9.78. The maximum atomic E-state index is 5.46. The summed E-state index contributed by atoms with van der Waals surface area (Å²) >= 11 is 0. The summed E-state index contributed by atoms with van der Waals surface area (Å²) in [6.45, 7) is 0. The highest BCUT2D eigenvalue weighted by atomic mass is 15.0. The summed E-state index contributed by atoms with van der Waals surface area (Å²) in [7, 11) is 0. The van der Waals surface area contributed by atoms with Gasteiger partial charge in [0.2, 0.25) is 0 Å². The zero-order chi connectivity index (χ0) is 44.1. The van der Waals surface area contributed by atoms with Gasteiger partial charge in [-0.25, -0.2) is 15.0 Å². The van der Waals surface area contributed by atoms with Crippen molar-refractivity contribution in [2.75, 3.05) is 0 Å². The van der Waals surface area contributed by atoms with Gasteiger partial charge < -0.3 is 0 Å². The van der Waals surface area contributed by atoms with Gasteiger partial charge in [0.1, 0.15) is 0 Å². The number of rotatable bonds is 10. The number of aromatic nitrogens is 3. The zero-order valence-corrected chi connectivity index (χ0v) is 36.2. The van der Waals surface area contributed by atoms with Gasteiger partial charge in [0.25, 0.3) is 0 Å². The first kappa shape index (κ1) is 40.0. The van der Waals surface area contributed by atoms with Crippen molar-refractivity contribution in [1.82, 2.24) is 15.0 Å². The largest absolute Gasteiger partial charge is 0.208 e. The van der Waals surface area contributed by atoms with E-state index in [9.17, 15) is 0 Å². The molecule has 0 bridgehead atoms. The van der Waals surface area contributed by atoms with E-state index < -0.39 is 0 Å². The predicted octanol–water partition coefficient (Wildman–Crippen LogP) is 16.5. The van der Waals surface area contributed by atoms with E-state index in [1.807, 2.05) is 12.1 Å². The summed E-state index contributed by atoms with van der Waals surface area (Å²) in [4.78, 5) is 16.2. The SMILES string of the molecule is c1ccc(-c2cccc(-c3nc(-c4ccccc4-c4ccccc4)nc(-c4ccccc4-c4cc(-c5ccccc5)c(-c5ccccc5)c(-c5ccccc5)c4-c4ccccc4)n3)c2)cc1. The molecule has 10 aromatic carbocycles. The van der Waals surface area contributed by atoms with Crippen molar-refractivity contribution < 1.29 is 0 Å². The van der Waals surface area contributed by atoms with Crippen LogP contribution in [0.1, 0.15) is 0 Å². The van der Waals surface area contributed by atoms with Crippen LogP contribution in [0.3, 0.4) is 0 Å². The van der Waals surface area contributed by atoms with Gasteiger partial charge in [-0.2, -0.15) is 0 Å². The molecule has 66 heavy (non-hydrogen) atoms. The maximum absolute atomic E-state index is 5.46. The maximum Gasteiger partial charge on any atom is 0.164 e. The summed E-state index contributed by atoms with van der Waals surface area (Å²) in [5.41, 5.74) is 18.3. The molecule has 1 aromatic heterocycles. The highest BCUT2D eigenvalue weighted by Crippen LogP contribution is 2.51. The molecule has 0 fully saturated rings. The first-order chi connectivity index (χ1) is 32.8. The first-order valence-corrected chi connectivity index (χ1v) is 22.4. The fourth-order valence-electron chi connectivity index (χ4n) is 9.12. The normalized spacial score (nSPS) is 11.0. The van der Waals surface area contributed by atoms with Crippen LogP contribution < -0.4 is 0 Å². The molecule has 0 radical (unpaired) electrons. The predicted molar refractivity (Wildman–Crippen MR) is 274 cm³/mol. The first-order valence-electron chi connectivity index (χ1n) is 22.4. The molecule has 0 saturated heterocycles. The smallest absolute Gasteiger partial charge is 0.164 e. The molecule has 11 rings (SSSR count). The Bertz CT molecular complexity index is 3430. The molecule has 0 amide bonds. The van der Waals surface area contributed by atoms with Gasteiger partial charge in [0.05, 0.1) is 0 Å².